The van der Waals surface area contributed by atoms with Crippen molar-refractivity contribution in [3.63, 3.8) is 0 Å². The summed E-state index contributed by atoms with van der Waals surface area (Å²) in [6, 6.07) is 7.06. The molecule has 1 N–H and O–H groups in total. The van der Waals surface area contributed by atoms with E-state index in [1.54, 1.807) is 13.0 Å². The first-order valence-electron chi connectivity index (χ1n) is 7.73. The van der Waals surface area contributed by atoms with Gasteiger partial charge in [0.05, 0.1) is 23.6 Å². The second kappa shape index (κ2) is 6.68. The van der Waals surface area contributed by atoms with Crippen LogP contribution in [0.1, 0.15) is 30.6 Å². The van der Waals surface area contributed by atoms with Gasteiger partial charge in [-0.3, -0.25) is 19.7 Å². The summed E-state index contributed by atoms with van der Waals surface area (Å²) in [6.07, 6.45) is -0.921. The molecule has 1 aliphatic heterocycles. The predicted octanol–water partition coefficient (Wildman–Crippen LogP) is 2.21. The Morgan fingerprint density at radius 3 is 2.88 bits per heavy atom. The highest BCUT2D eigenvalue weighted by Crippen LogP contribution is 2.43. The summed E-state index contributed by atoms with van der Waals surface area (Å²) in [4.78, 5) is 37.0. The molecule has 0 fully saturated rings. The summed E-state index contributed by atoms with van der Waals surface area (Å²) < 4.78 is 10.7. The van der Waals surface area contributed by atoms with Gasteiger partial charge in [0, 0.05) is 23.3 Å². The number of aromatic nitrogens is 1. The Labute approximate surface area is 146 Å². The number of carbonyl (C=O) groups is 1. The molecule has 0 amide bonds. The fourth-order valence-corrected chi connectivity index (χ4v) is 2.78. The van der Waals surface area contributed by atoms with Crippen LogP contribution in [0.4, 0.5) is 5.69 Å². The Morgan fingerprint density at radius 1 is 1.46 bits per heavy atom. The molecule has 0 saturated carbocycles. The fraction of sp³-hybridized carbons (Fsp3) is 0.235. The first-order chi connectivity index (χ1) is 12.4. The number of hydrogen-bond donors (Lipinski definition) is 1. The van der Waals surface area contributed by atoms with Crippen molar-refractivity contribution < 1.29 is 19.2 Å². The minimum absolute atomic E-state index is 0.131. The van der Waals surface area contributed by atoms with Crippen molar-refractivity contribution in [2.45, 2.75) is 19.4 Å². The largest absolute Gasteiger partial charge is 0.484 e. The van der Waals surface area contributed by atoms with Gasteiger partial charge in [-0.1, -0.05) is 0 Å². The normalized spacial score (nSPS) is 14.4. The van der Waals surface area contributed by atoms with Gasteiger partial charge >= 0.3 is 5.97 Å². The summed E-state index contributed by atoms with van der Waals surface area (Å²) in [6.45, 7) is 1.88. The van der Waals surface area contributed by atoms with Crippen LogP contribution in [0.15, 0.2) is 29.1 Å². The van der Waals surface area contributed by atoms with Crippen LogP contribution in [0, 0.1) is 21.4 Å². The average Bonchev–Trinajstić information content (AvgIpc) is 2.61. The van der Waals surface area contributed by atoms with E-state index in [1.165, 1.54) is 24.3 Å². The van der Waals surface area contributed by atoms with Crippen molar-refractivity contribution in [2.24, 2.45) is 0 Å². The lowest BCUT2D eigenvalue weighted by molar-refractivity contribution is -0.384. The zero-order valence-corrected chi connectivity index (χ0v) is 13.6. The molecule has 1 aromatic carbocycles. The standard InChI is InChI=1S/C17H13N3O6/c1-2-25-15(21)7-14-11-5-9(8-18)17(22)19-16(11)12-6-10(20(23)24)3-4-13(12)26-14/h3-6,14H,2,7H2,1H3,(H,19,22). The molecule has 9 nitrogen and oxygen atoms in total. The van der Waals surface area contributed by atoms with Crippen molar-refractivity contribution in [3.05, 3.63) is 55.9 Å². The summed E-state index contributed by atoms with van der Waals surface area (Å²) >= 11 is 0. The van der Waals surface area contributed by atoms with E-state index in [4.69, 9.17) is 14.7 Å². The van der Waals surface area contributed by atoms with Gasteiger partial charge in [0.1, 0.15) is 23.5 Å². The molecule has 1 aromatic heterocycles. The van der Waals surface area contributed by atoms with E-state index in [0.29, 0.717) is 11.1 Å². The monoisotopic (exact) mass is 355 g/mol. The minimum atomic E-state index is -0.790. The number of nitro benzene ring substituents is 1. The van der Waals surface area contributed by atoms with Gasteiger partial charge in [-0.15, -0.1) is 0 Å². The molecule has 2 heterocycles. The smallest absolute Gasteiger partial charge is 0.309 e. The molecule has 0 aliphatic carbocycles. The average molecular weight is 355 g/mol. The number of carbonyl (C=O) groups excluding carboxylic acids is 1. The topological polar surface area (TPSA) is 135 Å². The molecule has 3 rings (SSSR count). The van der Waals surface area contributed by atoms with Gasteiger partial charge < -0.3 is 14.5 Å². The highest BCUT2D eigenvalue weighted by Gasteiger charge is 2.31. The first-order valence-corrected chi connectivity index (χ1v) is 7.73. The van der Waals surface area contributed by atoms with Crippen LogP contribution in [-0.4, -0.2) is 22.5 Å². The van der Waals surface area contributed by atoms with Crippen molar-refractivity contribution >= 4 is 11.7 Å². The third-order valence-electron chi connectivity index (χ3n) is 3.91. The summed E-state index contributed by atoms with van der Waals surface area (Å²) in [5, 5.41) is 20.1. The van der Waals surface area contributed by atoms with E-state index >= 15 is 0 Å². The number of benzene rings is 1. The van der Waals surface area contributed by atoms with Crippen LogP contribution in [-0.2, 0) is 9.53 Å². The van der Waals surface area contributed by atoms with Crippen LogP contribution < -0.4 is 10.3 Å². The maximum Gasteiger partial charge on any atom is 0.309 e. The molecule has 0 saturated heterocycles. The number of esters is 1. The number of hydrogen-bond acceptors (Lipinski definition) is 7. The van der Waals surface area contributed by atoms with Crippen LogP contribution in [0.2, 0.25) is 0 Å². The Kier molecular flexibility index (Phi) is 4.41. The number of nitriles is 1. The molecule has 0 radical (unpaired) electrons. The third kappa shape index (κ3) is 3.00. The first kappa shape index (κ1) is 17.2. The summed E-state index contributed by atoms with van der Waals surface area (Å²) in [7, 11) is 0. The molecule has 1 unspecified atom stereocenters. The van der Waals surface area contributed by atoms with Gasteiger partial charge in [0.15, 0.2) is 0 Å². The highest BCUT2D eigenvalue weighted by atomic mass is 16.6. The van der Waals surface area contributed by atoms with E-state index in [2.05, 4.69) is 4.98 Å². The predicted molar refractivity (Wildman–Crippen MR) is 88.5 cm³/mol. The molecule has 9 heteroatoms. The quantitative estimate of drug-likeness (QED) is 0.504. The highest BCUT2D eigenvalue weighted by molar-refractivity contribution is 5.77. The number of non-ortho nitro benzene ring substituents is 1. The number of H-pyrrole nitrogens is 1. The van der Waals surface area contributed by atoms with Crippen molar-refractivity contribution in [2.75, 3.05) is 6.61 Å². The Morgan fingerprint density at radius 2 is 2.23 bits per heavy atom. The summed E-state index contributed by atoms with van der Waals surface area (Å²) in [5.41, 5.74) is 0.0503. The molecular weight excluding hydrogens is 342 g/mol. The lowest BCUT2D eigenvalue weighted by atomic mass is 9.94. The van der Waals surface area contributed by atoms with Crippen molar-refractivity contribution in [3.8, 4) is 23.1 Å². The molecule has 26 heavy (non-hydrogen) atoms. The molecule has 0 spiro atoms. The van der Waals surface area contributed by atoms with E-state index in [0.717, 1.165) is 0 Å². The molecule has 1 atom stereocenters. The SMILES string of the molecule is CCOC(=O)CC1Oc2ccc([N+](=O)[O-])cc2-c2[nH]c(=O)c(C#N)cc21. The number of rotatable bonds is 4. The van der Waals surface area contributed by atoms with E-state index in [1.807, 2.05) is 0 Å². The van der Waals surface area contributed by atoms with E-state index in [9.17, 15) is 19.7 Å². The molecule has 0 bridgehead atoms. The number of nitro groups is 1. The maximum absolute atomic E-state index is 12.0. The van der Waals surface area contributed by atoms with Crippen LogP contribution >= 0.6 is 0 Å². The number of pyridine rings is 1. The van der Waals surface area contributed by atoms with Gasteiger partial charge in [0.2, 0.25) is 0 Å². The third-order valence-corrected chi connectivity index (χ3v) is 3.91. The Balaban J connectivity index is 2.16. The van der Waals surface area contributed by atoms with Crippen LogP contribution in [0.25, 0.3) is 11.3 Å². The van der Waals surface area contributed by atoms with Crippen molar-refractivity contribution in [1.82, 2.24) is 4.98 Å². The molecular formula is C17H13N3O6. The van der Waals surface area contributed by atoms with Gasteiger partial charge in [-0.05, 0) is 19.1 Å². The zero-order valence-electron chi connectivity index (χ0n) is 13.6. The second-order valence-electron chi connectivity index (χ2n) is 5.51. The van der Waals surface area contributed by atoms with E-state index in [-0.39, 0.29) is 35.7 Å². The maximum atomic E-state index is 12.0. The van der Waals surface area contributed by atoms with Crippen LogP contribution in [0.5, 0.6) is 5.75 Å². The van der Waals surface area contributed by atoms with Crippen LogP contribution in [0.3, 0.4) is 0 Å². The lowest BCUT2D eigenvalue weighted by Crippen LogP contribution is -2.23. The molecule has 1 aliphatic rings. The number of nitrogens with one attached hydrogen (secondary N) is 1. The van der Waals surface area contributed by atoms with Gasteiger partial charge in [-0.2, -0.15) is 5.26 Å². The van der Waals surface area contributed by atoms with Gasteiger partial charge in [-0.25, -0.2) is 0 Å². The minimum Gasteiger partial charge on any atom is -0.484 e. The number of nitrogens with zero attached hydrogens (tertiary/aromatic N) is 2. The Hall–Kier alpha value is -3.67. The van der Waals surface area contributed by atoms with Gasteiger partial charge in [0.25, 0.3) is 11.2 Å². The number of aromatic amines is 1. The lowest BCUT2D eigenvalue weighted by Gasteiger charge is -2.27. The Bertz CT molecular complexity index is 1000. The van der Waals surface area contributed by atoms with E-state index < -0.39 is 22.6 Å². The molecule has 132 valence electrons. The fourth-order valence-electron chi connectivity index (χ4n) is 2.78. The summed E-state index contributed by atoms with van der Waals surface area (Å²) in [5.74, 6) is -0.212. The number of ether oxygens (including phenoxy) is 2. The molecule has 2 aromatic rings. The second-order valence-corrected chi connectivity index (χ2v) is 5.51. The zero-order chi connectivity index (χ0) is 18.8. The number of fused-ring (bicyclic) bond motifs is 3. The van der Waals surface area contributed by atoms with Crippen molar-refractivity contribution in [1.29, 1.82) is 5.26 Å².